The van der Waals surface area contributed by atoms with Crippen LogP contribution in [0.5, 0.6) is 23.1 Å². The predicted molar refractivity (Wildman–Crippen MR) is 213 cm³/mol. The average molecular weight is 730 g/mol. The van der Waals surface area contributed by atoms with Gasteiger partial charge in [0.1, 0.15) is 18.1 Å². The molecule has 6 rings (SSSR count). The predicted octanol–water partition coefficient (Wildman–Crippen LogP) is 9.83. The lowest BCUT2D eigenvalue weighted by atomic mass is 10.0. The van der Waals surface area contributed by atoms with E-state index in [0.29, 0.717) is 54.6 Å². The van der Waals surface area contributed by atoms with Gasteiger partial charge in [-0.2, -0.15) is 0 Å². The van der Waals surface area contributed by atoms with Crippen LogP contribution in [0.1, 0.15) is 58.7 Å². The minimum atomic E-state index is -0.00452. The van der Waals surface area contributed by atoms with Crippen LogP contribution >= 0.6 is 11.6 Å². The molecule has 1 aromatic heterocycles. The molecule has 0 bridgehead atoms. The molecule has 53 heavy (non-hydrogen) atoms. The number of aryl methyl sites for hydroxylation is 2. The fraction of sp³-hybridized carbons (Fsp3) is 0.289. The quantitative estimate of drug-likeness (QED) is 0.106. The summed E-state index contributed by atoms with van der Waals surface area (Å²) in [6, 6.07) is 32.6. The van der Waals surface area contributed by atoms with Crippen LogP contribution in [0.3, 0.4) is 0 Å². The van der Waals surface area contributed by atoms with E-state index in [9.17, 15) is 4.79 Å². The summed E-state index contributed by atoms with van der Waals surface area (Å²) in [6.07, 6.45) is 5.94. The van der Waals surface area contributed by atoms with Crippen LogP contribution < -0.4 is 14.2 Å². The molecule has 0 spiro atoms. The largest absolute Gasteiger partial charge is 0.493 e. The number of benzene rings is 4. The Morgan fingerprint density at radius 3 is 2.23 bits per heavy atom. The zero-order chi connectivity index (χ0) is 37.2. The Kier molecular flexibility index (Phi) is 12.8. The third kappa shape index (κ3) is 10.7. The smallest absolute Gasteiger partial charge is 0.246 e. The van der Waals surface area contributed by atoms with Crippen LogP contribution in [-0.4, -0.2) is 53.5 Å². The van der Waals surface area contributed by atoms with Crippen molar-refractivity contribution in [2.75, 3.05) is 32.8 Å². The van der Waals surface area contributed by atoms with Crippen LogP contribution in [0.4, 0.5) is 0 Å². The number of halogens is 1. The van der Waals surface area contributed by atoms with Crippen LogP contribution in [0.15, 0.2) is 109 Å². The molecule has 0 aliphatic carbocycles. The van der Waals surface area contributed by atoms with E-state index in [2.05, 4.69) is 91.3 Å². The van der Waals surface area contributed by atoms with Crippen LogP contribution in [-0.2, 0) is 24.4 Å². The molecule has 0 N–H and O–H groups in total. The summed E-state index contributed by atoms with van der Waals surface area (Å²) in [7, 11) is 0. The third-order valence-electron chi connectivity index (χ3n) is 9.56. The first kappa shape index (κ1) is 37.6. The molecule has 0 saturated carbocycles. The standard InChI is InChI=1S/C45H48ClN3O4/c1-32(2)38-14-16-40(17-15-38)51-26-21-35-9-11-36(12-10-35)30-48-22-24-49(25-23-48)44(50)20-13-37-27-34(4)45(42(46)28-37)53-43-19-18-41(29-47-43)52-31-39-8-6-5-7-33(39)3/h5-20,27-29,32H,21-26,30-31H2,1-4H3/b20-13+. The monoisotopic (exact) mass is 729 g/mol. The first-order valence-electron chi connectivity index (χ1n) is 18.3. The van der Waals surface area contributed by atoms with Gasteiger partial charge in [0.2, 0.25) is 11.8 Å². The maximum absolute atomic E-state index is 13.1. The maximum Gasteiger partial charge on any atom is 0.246 e. The van der Waals surface area contributed by atoms with E-state index in [0.717, 1.165) is 48.5 Å². The molecule has 8 heteroatoms. The molecule has 1 amide bonds. The third-order valence-corrected chi connectivity index (χ3v) is 9.84. The second kappa shape index (κ2) is 18.1. The van der Waals surface area contributed by atoms with E-state index in [1.807, 2.05) is 42.2 Å². The Morgan fingerprint density at radius 1 is 0.830 bits per heavy atom. The molecule has 274 valence electrons. The van der Waals surface area contributed by atoms with Gasteiger partial charge in [-0.15, -0.1) is 0 Å². The van der Waals surface area contributed by atoms with Gasteiger partial charge in [0.15, 0.2) is 5.75 Å². The van der Waals surface area contributed by atoms with Gasteiger partial charge in [-0.3, -0.25) is 9.69 Å². The number of carbonyl (C=O) groups excluding carboxylic acids is 1. The van der Waals surface area contributed by atoms with Gasteiger partial charge < -0.3 is 19.1 Å². The van der Waals surface area contributed by atoms with Gasteiger partial charge in [0.25, 0.3) is 0 Å². The number of pyridine rings is 1. The summed E-state index contributed by atoms with van der Waals surface area (Å²) in [6.45, 7) is 13.4. The summed E-state index contributed by atoms with van der Waals surface area (Å²) >= 11 is 6.64. The van der Waals surface area contributed by atoms with Gasteiger partial charge in [0, 0.05) is 51.3 Å². The lowest BCUT2D eigenvalue weighted by molar-refractivity contribution is -0.127. The molecule has 7 nitrogen and oxygen atoms in total. The van der Waals surface area contributed by atoms with Gasteiger partial charge in [0.05, 0.1) is 17.8 Å². The second-order valence-electron chi connectivity index (χ2n) is 13.9. The second-order valence-corrected chi connectivity index (χ2v) is 14.3. The number of piperazine rings is 1. The van der Waals surface area contributed by atoms with Crippen molar-refractivity contribution >= 4 is 23.6 Å². The van der Waals surface area contributed by atoms with Crippen LogP contribution in [0.25, 0.3) is 6.08 Å². The molecule has 0 radical (unpaired) electrons. The minimum Gasteiger partial charge on any atom is -0.493 e. The fourth-order valence-electron chi connectivity index (χ4n) is 6.24. The lowest BCUT2D eigenvalue weighted by Crippen LogP contribution is -2.47. The van der Waals surface area contributed by atoms with Crippen molar-refractivity contribution in [3.05, 3.63) is 153 Å². The van der Waals surface area contributed by atoms with Crippen molar-refractivity contribution in [1.29, 1.82) is 0 Å². The first-order chi connectivity index (χ1) is 25.7. The summed E-state index contributed by atoms with van der Waals surface area (Å²) in [5.41, 5.74) is 7.83. The van der Waals surface area contributed by atoms with Crippen molar-refractivity contribution in [2.45, 2.75) is 53.2 Å². The number of rotatable bonds is 14. The lowest BCUT2D eigenvalue weighted by Gasteiger charge is -2.34. The van der Waals surface area contributed by atoms with E-state index < -0.39 is 0 Å². The van der Waals surface area contributed by atoms with Gasteiger partial charge in [-0.05, 0) is 95.1 Å². The van der Waals surface area contributed by atoms with E-state index >= 15 is 0 Å². The zero-order valence-electron chi connectivity index (χ0n) is 31.1. The van der Waals surface area contributed by atoms with Crippen LogP contribution in [0.2, 0.25) is 5.02 Å². The summed E-state index contributed by atoms with van der Waals surface area (Å²) in [4.78, 5) is 21.8. The molecule has 1 fully saturated rings. The zero-order valence-corrected chi connectivity index (χ0v) is 31.8. The highest BCUT2D eigenvalue weighted by Gasteiger charge is 2.20. The van der Waals surface area contributed by atoms with Crippen molar-refractivity contribution in [3.8, 4) is 23.1 Å². The van der Waals surface area contributed by atoms with Crippen molar-refractivity contribution in [2.24, 2.45) is 0 Å². The number of nitrogens with zero attached hydrogens (tertiary/aromatic N) is 3. The fourth-order valence-corrected chi connectivity index (χ4v) is 6.55. The van der Waals surface area contributed by atoms with E-state index in [1.54, 1.807) is 24.4 Å². The average Bonchev–Trinajstić information content (AvgIpc) is 3.16. The summed E-state index contributed by atoms with van der Waals surface area (Å²) in [5.74, 6) is 3.02. The van der Waals surface area contributed by atoms with Crippen molar-refractivity contribution in [1.82, 2.24) is 14.8 Å². The highest BCUT2D eigenvalue weighted by atomic mass is 35.5. The van der Waals surface area contributed by atoms with Crippen molar-refractivity contribution < 1.29 is 19.0 Å². The molecular formula is C45H48ClN3O4. The Labute approximate surface area is 318 Å². The molecule has 4 aromatic carbocycles. The molecule has 1 aliphatic rings. The first-order valence-corrected chi connectivity index (χ1v) is 18.7. The SMILES string of the molecule is Cc1ccccc1COc1ccc(Oc2c(C)cc(/C=C/C(=O)N3CCN(Cc4ccc(CCOc5ccc(C(C)C)cc5)cc4)CC3)cc2Cl)nc1. The molecule has 0 unspecified atom stereocenters. The highest BCUT2D eigenvalue weighted by Crippen LogP contribution is 2.34. The summed E-state index contributed by atoms with van der Waals surface area (Å²) < 4.78 is 17.9. The van der Waals surface area contributed by atoms with Crippen LogP contribution in [0, 0.1) is 13.8 Å². The number of aromatic nitrogens is 1. The number of amides is 1. The Balaban J connectivity index is 0.925. The van der Waals surface area contributed by atoms with E-state index in [1.165, 1.54) is 22.3 Å². The molecule has 1 saturated heterocycles. The molecular weight excluding hydrogens is 682 g/mol. The Hall–Kier alpha value is -5.11. The number of hydrogen-bond acceptors (Lipinski definition) is 6. The number of carbonyl (C=O) groups is 1. The van der Waals surface area contributed by atoms with E-state index in [-0.39, 0.29) is 5.91 Å². The van der Waals surface area contributed by atoms with Crippen molar-refractivity contribution in [3.63, 3.8) is 0 Å². The highest BCUT2D eigenvalue weighted by molar-refractivity contribution is 6.32. The number of ether oxygens (including phenoxy) is 3. The maximum atomic E-state index is 13.1. The van der Waals surface area contributed by atoms with E-state index in [4.69, 9.17) is 25.8 Å². The molecule has 0 atom stereocenters. The van der Waals surface area contributed by atoms with Gasteiger partial charge >= 0.3 is 0 Å². The van der Waals surface area contributed by atoms with Gasteiger partial charge in [-0.25, -0.2) is 4.98 Å². The molecule has 1 aliphatic heterocycles. The Morgan fingerprint density at radius 2 is 1.55 bits per heavy atom. The molecule has 2 heterocycles. The Bertz CT molecular complexity index is 1960. The van der Waals surface area contributed by atoms with Gasteiger partial charge in [-0.1, -0.05) is 86.1 Å². The number of hydrogen-bond donors (Lipinski definition) is 0. The normalized spacial score (nSPS) is 13.4. The summed E-state index contributed by atoms with van der Waals surface area (Å²) in [5, 5.41) is 0.445. The topological polar surface area (TPSA) is 64.1 Å². The minimum absolute atomic E-state index is 0.00452. The molecule has 5 aromatic rings.